The molecule has 1 amide bonds. The Kier molecular flexibility index (Phi) is 6.40. The van der Waals surface area contributed by atoms with Gasteiger partial charge in [0.2, 0.25) is 0 Å². The van der Waals surface area contributed by atoms with Gasteiger partial charge in [-0.2, -0.15) is 0 Å². The summed E-state index contributed by atoms with van der Waals surface area (Å²) in [5.74, 6) is -0.271. The Morgan fingerprint density at radius 3 is 2.83 bits per heavy atom. The van der Waals surface area contributed by atoms with E-state index in [0.717, 1.165) is 29.4 Å². The van der Waals surface area contributed by atoms with E-state index in [0.29, 0.717) is 5.71 Å². The number of amides is 1. The second-order valence-corrected chi connectivity index (χ2v) is 5.74. The van der Waals surface area contributed by atoms with E-state index >= 15 is 0 Å². The monoisotopic (exact) mass is 360 g/mol. The van der Waals surface area contributed by atoms with Crippen LogP contribution in [0.2, 0.25) is 0 Å². The van der Waals surface area contributed by atoms with Gasteiger partial charge in [0.25, 0.3) is 0 Å². The molecule has 0 unspecified atom stereocenters. The van der Waals surface area contributed by atoms with Crippen molar-refractivity contribution in [1.82, 2.24) is 4.98 Å². The predicted molar refractivity (Wildman–Crippen MR) is 94.3 cm³/mol. The van der Waals surface area contributed by atoms with Gasteiger partial charge < -0.3 is 15.4 Å². The summed E-state index contributed by atoms with van der Waals surface area (Å²) in [5, 5.41) is 8.48. The van der Waals surface area contributed by atoms with E-state index < -0.39 is 0 Å². The Morgan fingerprint density at radius 2 is 2.04 bits per heavy atom. The topological polar surface area (TPSA) is 68.5 Å². The second-order valence-electron chi connectivity index (χ2n) is 5.74. The van der Waals surface area contributed by atoms with Gasteiger partial charge in [0.05, 0.1) is 17.1 Å². The zero-order chi connectivity index (χ0) is 16.2. The van der Waals surface area contributed by atoms with Crippen LogP contribution in [0.1, 0.15) is 31.0 Å². The molecular formula is C18H21N4OV-. The third kappa shape index (κ3) is 3.79. The van der Waals surface area contributed by atoms with Crippen molar-refractivity contribution >= 4 is 28.2 Å². The number of aryl methyl sites for hydroxylation is 1. The van der Waals surface area contributed by atoms with Crippen LogP contribution in [0.25, 0.3) is 16.2 Å². The van der Waals surface area contributed by atoms with Crippen LogP contribution < -0.4 is 5.32 Å². The summed E-state index contributed by atoms with van der Waals surface area (Å²) in [6.45, 7) is 1.93. The summed E-state index contributed by atoms with van der Waals surface area (Å²) in [6.07, 6.45) is 4.41. The Bertz CT molecular complexity index is 773. The maximum absolute atomic E-state index is 11.8. The number of aliphatic imine (C=N–C) groups is 1. The number of rotatable bonds is 4. The van der Waals surface area contributed by atoms with Gasteiger partial charge in [-0.15, -0.1) is 0 Å². The van der Waals surface area contributed by atoms with Crippen LogP contribution in [-0.4, -0.2) is 30.3 Å². The zero-order valence-corrected chi connectivity index (χ0v) is 15.4. The SMILES string of the molecule is CN=C(C)C(=O)[N-]CNc1c2c(nc3ccccc13)CCCC2.[V]. The standard InChI is InChI=1S/C18H22N4O.V/c1-12(19-2)18(23)21-11-20-17-13-7-3-5-9-15(13)22-16-10-6-4-8-14(16)17;/h3,5,7,9H,4,6,8,10-11H2,1-2H3,(H2,20,21,22,23);/p-1. The summed E-state index contributed by atoms with van der Waals surface area (Å²) in [5.41, 5.74) is 4.95. The summed E-state index contributed by atoms with van der Waals surface area (Å²) in [7, 11) is 1.60. The summed E-state index contributed by atoms with van der Waals surface area (Å²) >= 11 is 0. The average molecular weight is 360 g/mol. The minimum Gasteiger partial charge on any atom is -0.632 e. The quantitative estimate of drug-likeness (QED) is 0.849. The molecule has 1 aromatic heterocycles. The molecule has 1 radical (unpaired) electrons. The van der Waals surface area contributed by atoms with Crippen LogP contribution >= 0.6 is 0 Å². The van der Waals surface area contributed by atoms with Crippen molar-refractivity contribution in [3.05, 3.63) is 40.8 Å². The number of aromatic nitrogens is 1. The first kappa shape index (κ1) is 18.5. The first-order valence-corrected chi connectivity index (χ1v) is 8.00. The van der Waals surface area contributed by atoms with Crippen molar-refractivity contribution in [3.63, 3.8) is 0 Å². The molecule has 24 heavy (non-hydrogen) atoms. The smallest absolute Gasteiger partial charge is 0.0969 e. The molecule has 0 bridgehead atoms. The molecule has 0 saturated heterocycles. The van der Waals surface area contributed by atoms with Gasteiger partial charge >= 0.3 is 0 Å². The second kappa shape index (κ2) is 8.31. The molecule has 0 aliphatic heterocycles. The zero-order valence-electron chi connectivity index (χ0n) is 14.0. The number of carbonyl (C=O) groups is 1. The Labute approximate surface area is 154 Å². The molecule has 1 N–H and O–H groups in total. The van der Waals surface area contributed by atoms with Crippen LogP contribution in [0.4, 0.5) is 5.69 Å². The van der Waals surface area contributed by atoms with Crippen molar-refractivity contribution < 1.29 is 23.4 Å². The molecule has 1 heterocycles. The third-order valence-electron chi connectivity index (χ3n) is 4.29. The molecule has 0 spiro atoms. The molecule has 2 aromatic rings. The third-order valence-corrected chi connectivity index (χ3v) is 4.29. The van der Waals surface area contributed by atoms with Gasteiger partial charge in [0.1, 0.15) is 0 Å². The van der Waals surface area contributed by atoms with Crippen molar-refractivity contribution in [2.24, 2.45) is 4.99 Å². The number of anilines is 1. The number of carbonyl (C=O) groups excluding carboxylic acids is 1. The van der Waals surface area contributed by atoms with E-state index in [1.807, 2.05) is 18.2 Å². The molecule has 125 valence electrons. The molecule has 0 fully saturated rings. The van der Waals surface area contributed by atoms with Crippen LogP contribution in [0.5, 0.6) is 0 Å². The molecule has 6 heteroatoms. The Balaban J connectivity index is 0.00000208. The van der Waals surface area contributed by atoms with E-state index in [1.165, 1.54) is 24.1 Å². The van der Waals surface area contributed by atoms with E-state index in [2.05, 4.69) is 21.7 Å². The first-order chi connectivity index (χ1) is 11.2. The number of fused-ring (bicyclic) bond motifs is 2. The molecule has 3 rings (SSSR count). The molecule has 0 atom stereocenters. The van der Waals surface area contributed by atoms with Crippen molar-refractivity contribution in [2.75, 3.05) is 19.0 Å². The van der Waals surface area contributed by atoms with Gasteiger partial charge in [-0.1, -0.05) is 24.9 Å². The molecule has 1 aromatic carbocycles. The van der Waals surface area contributed by atoms with Gasteiger partial charge in [0.15, 0.2) is 0 Å². The number of hydrogen-bond acceptors (Lipinski definition) is 4. The Hall–Kier alpha value is -1.85. The van der Waals surface area contributed by atoms with Gasteiger partial charge in [-0.25, -0.2) is 0 Å². The summed E-state index contributed by atoms with van der Waals surface area (Å²) < 4.78 is 0. The fourth-order valence-electron chi connectivity index (χ4n) is 2.97. The predicted octanol–water partition coefficient (Wildman–Crippen LogP) is 3.47. The van der Waals surface area contributed by atoms with E-state index in [4.69, 9.17) is 4.98 Å². The van der Waals surface area contributed by atoms with E-state index in [9.17, 15) is 4.79 Å². The van der Waals surface area contributed by atoms with Gasteiger partial charge in [-0.05, 0) is 44.2 Å². The number of nitrogens with zero attached hydrogens (tertiary/aromatic N) is 3. The average Bonchev–Trinajstić information content (AvgIpc) is 2.60. The summed E-state index contributed by atoms with van der Waals surface area (Å²) in [6, 6.07) is 8.12. The normalized spacial score (nSPS) is 13.8. The summed E-state index contributed by atoms with van der Waals surface area (Å²) in [4.78, 5) is 20.4. The number of nitrogens with one attached hydrogen (secondary N) is 1. The fourth-order valence-corrected chi connectivity index (χ4v) is 2.97. The largest absolute Gasteiger partial charge is 0.632 e. The molecule has 0 saturated carbocycles. The van der Waals surface area contributed by atoms with Crippen molar-refractivity contribution in [2.45, 2.75) is 32.6 Å². The number of hydrogen-bond donors (Lipinski definition) is 1. The van der Waals surface area contributed by atoms with Crippen molar-refractivity contribution in [1.29, 1.82) is 0 Å². The van der Waals surface area contributed by atoms with Crippen LogP contribution in [-0.2, 0) is 36.2 Å². The molecular weight excluding hydrogens is 339 g/mol. The number of pyridine rings is 1. The number of para-hydroxylation sites is 1. The van der Waals surface area contributed by atoms with Gasteiger partial charge in [-0.3, -0.25) is 9.98 Å². The first-order valence-electron chi connectivity index (χ1n) is 8.00. The van der Waals surface area contributed by atoms with Gasteiger partial charge in [0, 0.05) is 42.4 Å². The van der Waals surface area contributed by atoms with Crippen molar-refractivity contribution in [3.8, 4) is 0 Å². The van der Waals surface area contributed by atoms with E-state index in [-0.39, 0.29) is 31.1 Å². The van der Waals surface area contributed by atoms with E-state index in [1.54, 1.807) is 14.0 Å². The fraction of sp³-hybridized carbons (Fsp3) is 0.389. The van der Waals surface area contributed by atoms with Crippen LogP contribution in [0, 0.1) is 0 Å². The maximum Gasteiger partial charge on any atom is 0.0969 e. The van der Waals surface area contributed by atoms with Crippen LogP contribution in [0.3, 0.4) is 0 Å². The van der Waals surface area contributed by atoms with Crippen LogP contribution in [0.15, 0.2) is 29.3 Å². The minimum atomic E-state index is -0.271. The minimum absolute atomic E-state index is 0. The molecule has 1 aliphatic carbocycles. The Morgan fingerprint density at radius 1 is 1.29 bits per heavy atom. The maximum atomic E-state index is 11.8. The molecule has 1 aliphatic rings. The number of benzene rings is 1. The molecule has 5 nitrogen and oxygen atoms in total.